The highest BCUT2D eigenvalue weighted by atomic mass is 35.5. The molecule has 0 saturated carbocycles. The van der Waals surface area contributed by atoms with Crippen LogP contribution in [0.2, 0.25) is 5.02 Å². The van der Waals surface area contributed by atoms with Gasteiger partial charge in [-0.2, -0.15) is 0 Å². The van der Waals surface area contributed by atoms with Gasteiger partial charge in [0, 0.05) is 17.4 Å². The molecule has 2 aromatic rings. The maximum Gasteiger partial charge on any atom is 0.0412 e. The van der Waals surface area contributed by atoms with Gasteiger partial charge in [-0.05, 0) is 35.4 Å². The lowest BCUT2D eigenvalue weighted by Gasteiger charge is -2.00. The molecule has 0 fully saturated rings. The van der Waals surface area contributed by atoms with E-state index in [1.165, 1.54) is 0 Å². The van der Waals surface area contributed by atoms with E-state index in [-0.39, 0.29) is 0 Å². The van der Waals surface area contributed by atoms with Gasteiger partial charge in [0.15, 0.2) is 0 Å². The molecule has 1 nitrogen and oxygen atoms in total. The summed E-state index contributed by atoms with van der Waals surface area (Å²) in [5, 5.41) is 0.759. The molecule has 0 aliphatic rings. The number of rotatable bonds is 1. The van der Waals surface area contributed by atoms with Crippen LogP contribution in [-0.2, 0) is 0 Å². The summed E-state index contributed by atoms with van der Waals surface area (Å²) in [6.07, 6.45) is 3.55. The van der Waals surface area contributed by atoms with Crippen molar-refractivity contribution in [1.29, 1.82) is 0 Å². The van der Waals surface area contributed by atoms with Crippen LogP contribution >= 0.6 is 11.6 Å². The average molecular weight is 190 g/mol. The van der Waals surface area contributed by atoms with Crippen molar-refractivity contribution in [3.05, 3.63) is 53.8 Å². The molecule has 0 radical (unpaired) electrons. The topological polar surface area (TPSA) is 12.9 Å². The largest absolute Gasteiger partial charge is 0.265 e. The molecule has 1 aromatic heterocycles. The summed E-state index contributed by atoms with van der Waals surface area (Å²) in [7, 11) is 0. The Morgan fingerprint density at radius 1 is 0.923 bits per heavy atom. The smallest absolute Gasteiger partial charge is 0.0412 e. The highest BCUT2D eigenvalue weighted by Gasteiger charge is 1.95. The molecular formula is C11H8ClN. The minimum Gasteiger partial charge on any atom is -0.265 e. The van der Waals surface area contributed by atoms with Crippen molar-refractivity contribution in [2.45, 2.75) is 0 Å². The van der Waals surface area contributed by atoms with Gasteiger partial charge < -0.3 is 0 Å². The number of benzene rings is 1. The van der Waals surface area contributed by atoms with E-state index in [0.29, 0.717) is 0 Å². The van der Waals surface area contributed by atoms with Crippen LogP contribution in [0.25, 0.3) is 11.1 Å². The zero-order valence-electron chi connectivity index (χ0n) is 6.94. The number of hydrogen-bond acceptors (Lipinski definition) is 1. The average Bonchev–Trinajstić information content (AvgIpc) is 2.19. The van der Waals surface area contributed by atoms with Crippen molar-refractivity contribution in [3.63, 3.8) is 0 Å². The van der Waals surface area contributed by atoms with E-state index in [0.717, 1.165) is 16.1 Å². The Kier molecular flexibility index (Phi) is 2.28. The summed E-state index contributed by atoms with van der Waals surface area (Å²) in [4.78, 5) is 3.96. The molecule has 0 bridgehead atoms. The van der Waals surface area contributed by atoms with Crippen LogP contribution in [0.15, 0.2) is 48.8 Å². The SMILES string of the molecule is Clc1cccc(-c2ccncc2)c1. The van der Waals surface area contributed by atoms with Crippen LogP contribution in [0.3, 0.4) is 0 Å². The molecule has 0 aliphatic carbocycles. The van der Waals surface area contributed by atoms with Crippen molar-refractivity contribution in [3.8, 4) is 11.1 Å². The van der Waals surface area contributed by atoms with Gasteiger partial charge >= 0.3 is 0 Å². The van der Waals surface area contributed by atoms with Crippen molar-refractivity contribution < 1.29 is 0 Å². The Hall–Kier alpha value is -1.34. The van der Waals surface area contributed by atoms with Crippen LogP contribution in [0.4, 0.5) is 0 Å². The van der Waals surface area contributed by atoms with Gasteiger partial charge in [0.2, 0.25) is 0 Å². The van der Waals surface area contributed by atoms with Gasteiger partial charge in [0.1, 0.15) is 0 Å². The number of hydrogen-bond donors (Lipinski definition) is 0. The molecular weight excluding hydrogens is 182 g/mol. The van der Waals surface area contributed by atoms with Crippen molar-refractivity contribution in [2.75, 3.05) is 0 Å². The van der Waals surface area contributed by atoms with Crippen LogP contribution in [0.5, 0.6) is 0 Å². The first-order chi connectivity index (χ1) is 6.36. The summed E-state index contributed by atoms with van der Waals surface area (Å²) in [6, 6.07) is 11.7. The summed E-state index contributed by atoms with van der Waals surface area (Å²) in [6.45, 7) is 0. The third kappa shape index (κ3) is 1.87. The van der Waals surface area contributed by atoms with Gasteiger partial charge in [-0.25, -0.2) is 0 Å². The fourth-order valence-corrected chi connectivity index (χ4v) is 1.40. The van der Waals surface area contributed by atoms with Crippen LogP contribution in [0.1, 0.15) is 0 Å². The van der Waals surface area contributed by atoms with E-state index in [1.54, 1.807) is 12.4 Å². The highest BCUT2D eigenvalue weighted by Crippen LogP contribution is 2.21. The third-order valence-corrected chi connectivity index (χ3v) is 2.07. The van der Waals surface area contributed by atoms with Gasteiger partial charge in [-0.3, -0.25) is 4.98 Å². The highest BCUT2D eigenvalue weighted by molar-refractivity contribution is 6.30. The molecule has 13 heavy (non-hydrogen) atoms. The van der Waals surface area contributed by atoms with E-state index in [1.807, 2.05) is 36.4 Å². The van der Waals surface area contributed by atoms with E-state index < -0.39 is 0 Å². The molecule has 0 amide bonds. The maximum atomic E-state index is 5.88. The van der Waals surface area contributed by atoms with Crippen LogP contribution < -0.4 is 0 Å². The number of pyridine rings is 1. The first-order valence-corrected chi connectivity index (χ1v) is 4.40. The Labute approximate surface area is 82.0 Å². The van der Waals surface area contributed by atoms with E-state index >= 15 is 0 Å². The van der Waals surface area contributed by atoms with Crippen molar-refractivity contribution in [1.82, 2.24) is 4.98 Å². The molecule has 64 valence electrons. The van der Waals surface area contributed by atoms with Crippen LogP contribution in [-0.4, -0.2) is 4.98 Å². The minimum absolute atomic E-state index is 0.759. The quantitative estimate of drug-likeness (QED) is 0.670. The molecule has 0 N–H and O–H groups in total. The molecule has 0 saturated heterocycles. The van der Waals surface area contributed by atoms with Crippen molar-refractivity contribution in [2.24, 2.45) is 0 Å². The van der Waals surface area contributed by atoms with Gasteiger partial charge in [-0.1, -0.05) is 23.7 Å². The van der Waals surface area contributed by atoms with Gasteiger partial charge in [0.05, 0.1) is 0 Å². The number of aromatic nitrogens is 1. The van der Waals surface area contributed by atoms with E-state index in [4.69, 9.17) is 11.6 Å². The van der Waals surface area contributed by atoms with Gasteiger partial charge in [-0.15, -0.1) is 0 Å². The zero-order chi connectivity index (χ0) is 9.10. The second-order valence-corrected chi connectivity index (χ2v) is 3.18. The lowest BCUT2D eigenvalue weighted by molar-refractivity contribution is 1.33. The lowest BCUT2D eigenvalue weighted by atomic mass is 10.1. The van der Waals surface area contributed by atoms with Crippen LogP contribution in [0, 0.1) is 0 Å². The normalized spacial score (nSPS) is 9.92. The molecule has 0 atom stereocenters. The number of nitrogens with zero attached hydrogens (tertiary/aromatic N) is 1. The Morgan fingerprint density at radius 3 is 2.38 bits per heavy atom. The second kappa shape index (κ2) is 3.58. The van der Waals surface area contributed by atoms with E-state index in [2.05, 4.69) is 4.98 Å². The maximum absolute atomic E-state index is 5.88. The van der Waals surface area contributed by atoms with Gasteiger partial charge in [0.25, 0.3) is 0 Å². The fourth-order valence-electron chi connectivity index (χ4n) is 1.21. The molecule has 1 aromatic carbocycles. The predicted octanol–water partition coefficient (Wildman–Crippen LogP) is 3.40. The lowest BCUT2D eigenvalue weighted by Crippen LogP contribution is -1.77. The molecule has 1 heterocycles. The zero-order valence-corrected chi connectivity index (χ0v) is 7.70. The molecule has 2 heteroatoms. The molecule has 2 rings (SSSR count). The monoisotopic (exact) mass is 189 g/mol. The fraction of sp³-hybridized carbons (Fsp3) is 0. The first kappa shape index (κ1) is 8.27. The summed E-state index contributed by atoms with van der Waals surface area (Å²) < 4.78 is 0. The Bertz CT molecular complexity index is 398. The molecule has 0 aliphatic heterocycles. The van der Waals surface area contributed by atoms with Crippen molar-refractivity contribution >= 4 is 11.6 Å². The Balaban J connectivity index is 2.48. The minimum atomic E-state index is 0.759. The summed E-state index contributed by atoms with van der Waals surface area (Å²) in [5.74, 6) is 0. The number of halogens is 1. The van der Waals surface area contributed by atoms with E-state index in [9.17, 15) is 0 Å². The first-order valence-electron chi connectivity index (χ1n) is 4.02. The standard InChI is InChI=1S/C11H8ClN/c12-11-3-1-2-10(8-11)9-4-6-13-7-5-9/h1-8H. The predicted molar refractivity (Wildman–Crippen MR) is 54.7 cm³/mol. The molecule has 0 unspecified atom stereocenters. The molecule has 0 spiro atoms. The Morgan fingerprint density at radius 2 is 1.69 bits per heavy atom. The summed E-state index contributed by atoms with van der Waals surface area (Å²) >= 11 is 5.88. The second-order valence-electron chi connectivity index (χ2n) is 2.75. The third-order valence-electron chi connectivity index (χ3n) is 1.84. The summed E-state index contributed by atoms with van der Waals surface area (Å²) in [5.41, 5.74) is 2.26.